The van der Waals surface area contributed by atoms with Crippen LogP contribution in [0.4, 0.5) is 0 Å². The van der Waals surface area contributed by atoms with Crippen LogP contribution in [-0.2, 0) is 47.7 Å². The van der Waals surface area contributed by atoms with E-state index in [1.807, 2.05) is 33.8 Å². The van der Waals surface area contributed by atoms with Crippen LogP contribution in [-0.4, -0.2) is 41.9 Å². The van der Waals surface area contributed by atoms with Crippen molar-refractivity contribution in [1.29, 1.82) is 0 Å². The molecule has 0 aromatic carbocycles. The fraction of sp³-hybridized carbons (Fsp3) is 0.500. The summed E-state index contributed by atoms with van der Waals surface area (Å²) < 4.78 is 19.9. The van der Waals surface area contributed by atoms with Gasteiger partial charge in [0, 0.05) is 18.1 Å². The lowest BCUT2D eigenvalue weighted by atomic mass is 10.1. The molecule has 10 nitrogen and oxygen atoms in total. The average Bonchev–Trinajstić information content (AvgIpc) is 2.85. The molecule has 1 atom stereocenters. The van der Waals surface area contributed by atoms with E-state index in [1.54, 1.807) is 13.0 Å². The highest BCUT2D eigenvalue weighted by atomic mass is 16.6. The Kier molecular flexibility index (Phi) is 13.7. The van der Waals surface area contributed by atoms with Gasteiger partial charge in [-0.15, -0.1) is 0 Å². The largest absolute Gasteiger partial charge is 0.457 e. The molecule has 1 aliphatic rings. The molecular formula is C28H36O10. The van der Waals surface area contributed by atoms with Crippen LogP contribution in [0.15, 0.2) is 46.3 Å². The summed E-state index contributed by atoms with van der Waals surface area (Å²) in [5.41, 5.74) is 2.92. The number of hydrogen-bond donors (Lipinski definition) is 0. The molecule has 38 heavy (non-hydrogen) atoms. The second-order valence-corrected chi connectivity index (χ2v) is 9.35. The number of hydrogen-bond acceptors (Lipinski definition) is 10. The summed E-state index contributed by atoms with van der Waals surface area (Å²) in [6.45, 7) is 10.8. The topological polar surface area (TPSA) is 139 Å². The first-order valence-electron chi connectivity index (χ1n) is 12.3. The lowest BCUT2D eigenvalue weighted by Gasteiger charge is -2.18. The summed E-state index contributed by atoms with van der Waals surface area (Å²) in [5, 5.41) is 0. The number of allylic oxidation sites excluding steroid dienone is 4. The minimum absolute atomic E-state index is 0.0978. The summed E-state index contributed by atoms with van der Waals surface area (Å²) in [5.74, 6) is -6.24. The summed E-state index contributed by atoms with van der Waals surface area (Å²) in [6, 6.07) is 0. The zero-order valence-corrected chi connectivity index (χ0v) is 22.8. The molecule has 0 aliphatic carbocycles. The van der Waals surface area contributed by atoms with Gasteiger partial charge in [0.15, 0.2) is 0 Å². The third-order valence-corrected chi connectivity index (χ3v) is 5.20. The van der Waals surface area contributed by atoms with Gasteiger partial charge in [-0.1, -0.05) is 28.9 Å². The minimum atomic E-state index is -1.26. The fourth-order valence-corrected chi connectivity index (χ4v) is 3.13. The van der Waals surface area contributed by atoms with Gasteiger partial charge in [0.25, 0.3) is 0 Å². The zero-order valence-electron chi connectivity index (χ0n) is 22.8. The van der Waals surface area contributed by atoms with Crippen molar-refractivity contribution in [1.82, 2.24) is 0 Å². The SMILES string of the molecule is CC(C)=CCC/C(C)=C/C(=O)OC(=O)CCC(=O)OC(=O)/C1=C(/C)C(CC=C(C)C)OC(=O)CCC(=O)O1. The van der Waals surface area contributed by atoms with Crippen LogP contribution in [0.3, 0.4) is 0 Å². The van der Waals surface area contributed by atoms with Crippen molar-refractivity contribution < 1.29 is 47.7 Å². The van der Waals surface area contributed by atoms with Crippen LogP contribution in [0.25, 0.3) is 0 Å². The van der Waals surface area contributed by atoms with E-state index in [9.17, 15) is 28.8 Å². The Morgan fingerprint density at radius 2 is 1.42 bits per heavy atom. The van der Waals surface area contributed by atoms with Gasteiger partial charge in [-0.3, -0.25) is 19.2 Å². The molecule has 0 spiro atoms. The second-order valence-electron chi connectivity index (χ2n) is 9.35. The maximum atomic E-state index is 12.7. The van der Waals surface area contributed by atoms with E-state index in [1.165, 1.54) is 13.0 Å². The number of cyclic esters (lactones) is 2. The monoisotopic (exact) mass is 532 g/mol. The molecule has 0 fully saturated rings. The first kappa shape index (κ1) is 32.2. The quantitative estimate of drug-likeness (QED) is 0.130. The van der Waals surface area contributed by atoms with Crippen LogP contribution < -0.4 is 0 Å². The summed E-state index contributed by atoms with van der Waals surface area (Å²) in [4.78, 5) is 72.8. The molecule has 1 aliphatic heterocycles. The summed E-state index contributed by atoms with van der Waals surface area (Å²) in [7, 11) is 0. The molecule has 10 heteroatoms. The molecule has 0 saturated carbocycles. The van der Waals surface area contributed by atoms with Crippen molar-refractivity contribution >= 4 is 35.8 Å². The highest BCUT2D eigenvalue weighted by Crippen LogP contribution is 2.22. The molecule has 0 aromatic rings. The third kappa shape index (κ3) is 12.9. The van der Waals surface area contributed by atoms with E-state index in [0.717, 1.165) is 23.1 Å². The normalized spacial score (nSPS) is 18.1. The average molecular weight is 533 g/mol. The molecular weight excluding hydrogens is 496 g/mol. The third-order valence-electron chi connectivity index (χ3n) is 5.20. The molecule has 0 radical (unpaired) electrons. The smallest absolute Gasteiger partial charge is 0.382 e. The number of rotatable bonds is 10. The molecule has 0 bridgehead atoms. The molecule has 1 unspecified atom stereocenters. The van der Waals surface area contributed by atoms with E-state index >= 15 is 0 Å². The highest BCUT2D eigenvalue weighted by Gasteiger charge is 2.30. The Bertz CT molecular complexity index is 1060. The van der Waals surface area contributed by atoms with Gasteiger partial charge in [-0.2, -0.15) is 0 Å². The van der Waals surface area contributed by atoms with E-state index in [2.05, 4.69) is 4.74 Å². The van der Waals surface area contributed by atoms with Gasteiger partial charge >= 0.3 is 35.8 Å². The maximum absolute atomic E-state index is 12.7. The molecule has 0 saturated heterocycles. The number of carbonyl (C=O) groups excluding carboxylic acids is 6. The molecule has 1 rings (SSSR count). The van der Waals surface area contributed by atoms with Crippen molar-refractivity contribution in [3.63, 3.8) is 0 Å². The molecule has 1 heterocycles. The predicted molar refractivity (Wildman–Crippen MR) is 136 cm³/mol. The Morgan fingerprint density at radius 1 is 0.842 bits per heavy atom. The van der Waals surface area contributed by atoms with Crippen molar-refractivity contribution in [2.45, 2.75) is 92.6 Å². The summed E-state index contributed by atoms with van der Waals surface area (Å²) in [6.07, 6.45) is 4.04. The van der Waals surface area contributed by atoms with E-state index in [4.69, 9.17) is 14.2 Å². The number of ether oxygens (including phenoxy) is 4. The van der Waals surface area contributed by atoms with Crippen molar-refractivity contribution in [2.75, 3.05) is 0 Å². The van der Waals surface area contributed by atoms with E-state index in [0.29, 0.717) is 6.42 Å². The van der Waals surface area contributed by atoms with Gasteiger partial charge in [-0.25, -0.2) is 9.59 Å². The minimum Gasteiger partial charge on any atom is -0.457 e. The van der Waals surface area contributed by atoms with Gasteiger partial charge in [0.1, 0.15) is 6.10 Å². The van der Waals surface area contributed by atoms with Gasteiger partial charge in [0.05, 0.1) is 25.7 Å². The number of carbonyl (C=O) groups is 6. The Balaban J connectivity index is 2.78. The molecule has 0 N–H and O–H groups in total. The fourth-order valence-electron chi connectivity index (χ4n) is 3.13. The lowest BCUT2D eigenvalue weighted by Crippen LogP contribution is -2.24. The maximum Gasteiger partial charge on any atom is 0.382 e. The Morgan fingerprint density at radius 3 is 2.03 bits per heavy atom. The first-order chi connectivity index (χ1) is 17.8. The molecule has 0 amide bonds. The van der Waals surface area contributed by atoms with Crippen molar-refractivity contribution in [3.05, 3.63) is 46.3 Å². The van der Waals surface area contributed by atoms with E-state index < -0.39 is 60.5 Å². The van der Waals surface area contributed by atoms with Crippen LogP contribution in [0.2, 0.25) is 0 Å². The standard InChI is InChI=1S/C28H36O10/c1-17(2)8-7-9-19(5)16-26(33)36-23(30)13-15-25(32)38-28(34)27-20(6)21(11-10-18(3)4)35-22(29)12-14-24(31)37-27/h8,10,16,21H,7,9,11-15H2,1-6H3/b19-16+,27-20+. The van der Waals surface area contributed by atoms with Crippen molar-refractivity contribution in [2.24, 2.45) is 0 Å². The highest BCUT2D eigenvalue weighted by molar-refractivity contribution is 5.98. The predicted octanol–water partition coefficient (Wildman–Crippen LogP) is 4.48. The Hall–Kier alpha value is -3.82. The number of esters is 6. The van der Waals surface area contributed by atoms with Gasteiger partial charge < -0.3 is 18.9 Å². The van der Waals surface area contributed by atoms with Gasteiger partial charge in [-0.05, 0) is 54.4 Å². The van der Waals surface area contributed by atoms with E-state index in [-0.39, 0.29) is 24.8 Å². The van der Waals surface area contributed by atoms with Crippen molar-refractivity contribution in [3.8, 4) is 0 Å². The summed E-state index contributed by atoms with van der Waals surface area (Å²) >= 11 is 0. The second kappa shape index (κ2) is 16.1. The van der Waals surface area contributed by atoms with Gasteiger partial charge in [0.2, 0.25) is 5.76 Å². The Labute approximate surface area is 222 Å². The van der Waals surface area contributed by atoms with Crippen LogP contribution in [0, 0.1) is 0 Å². The molecule has 0 aromatic heterocycles. The lowest BCUT2D eigenvalue weighted by molar-refractivity contribution is -0.164. The van der Waals surface area contributed by atoms with Crippen LogP contribution in [0.1, 0.15) is 86.5 Å². The first-order valence-corrected chi connectivity index (χ1v) is 12.3. The zero-order chi connectivity index (χ0) is 28.8. The van der Waals surface area contributed by atoms with Crippen LogP contribution in [0.5, 0.6) is 0 Å². The van der Waals surface area contributed by atoms with Crippen LogP contribution >= 0.6 is 0 Å². The molecule has 208 valence electrons.